The van der Waals surface area contributed by atoms with Crippen molar-refractivity contribution in [3.8, 4) is 11.3 Å². The Kier molecular flexibility index (Phi) is 4.69. The quantitative estimate of drug-likeness (QED) is 0.510. The van der Waals surface area contributed by atoms with Crippen LogP contribution < -0.4 is 0 Å². The molecule has 1 heterocycles. The van der Waals surface area contributed by atoms with Crippen LogP contribution in [0.25, 0.3) is 22.2 Å². The fourth-order valence-corrected chi connectivity index (χ4v) is 2.85. The Morgan fingerprint density at radius 3 is 2.38 bits per heavy atom. The minimum Gasteiger partial charge on any atom is -0.591 e. The number of benzene rings is 2. The van der Waals surface area contributed by atoms with Crippen LogP contribution in [0.1, 0.15) is 26.3 Å². The summed E-state index contributed by atoms with van der Waals surface area (Å²) in [5.74, 6) is 0. The van der Waals surface area contributed by atoms with E-state index in [-0.39, 0.29) is 4.75 Å². The molecule has 0 saturated heterocycles. The number of fused-ring (bicyclic) bond motifs is 1. The number of para-hydroxylation sites is 1. The lowest BCUT2D eigenvalue weighted by molar-refractivity contribution is 0.562. The van der Waals surface area contributed by atoms with Crippen molar-refractivity contribution in [2.75, 3.05) is 0 Å². The van der Waals surface area contributed by atoms with Gasteiger partial charge >= 0.3 is 0 Å². The lowest BCUT2D eigenvalue weighted by Gasteiger charge is -2.18. The van der Waals surface area contributed by atoms with Crippen LogP contribution >= 0.6 is 0 Å². The highest BCUT2D eigenvalue weighted by Crippen LogP contribution is 2.25. The molecule has 0 saturated carbocycles. The molecule has 0 spiro atoms. The monoisotopic (exact) mass is 336 g/mol. The number of nitrogens with zero attached hydrogens (tertiary/aromatic N) is 2. The third-order valence-corrected chi connectivity index (χ3v) is 4.96. The van der Waals surface area contributed by atoms with Gasteiger partial charge in [0.25, 0.3) is 0 Å². The van der Waals surface area contributed by atoms with Crippen LogP contribution in [-0.2, 0) is 11.4 Å². The van der Waals surface area contributed by atoms with E-state index in [4.69, 9.17) is 4.98 Å². The van der Waals surface area contributed by atoms with Crippen LogP contribution in [0.2, 0.25) is 0 Å². The molecule has 0 radical (unpaired) electrons. The van der Waals surface area contributed by atoms with E-state index in [1.165, 1.54) is 0 Å². The van der Waals surface area contributed by atoms with Gasteiger partial charge in [0.05, 0.1) is 17.4 Å². The maximum Gasteiger partial charge on any atom is 0.144 e. The molecule has 24 heavy (non-hydrogen) atoms. The van der Waals surface area contributed by atoms with E-state index in [2.05, 4.69) is 4.40 Å². The Hall–Kier alpha value is -2.17. The zero-order chi connectivity index (χ0) is 17.2. The number of aromatic nitrogens is 1. The number of hydrogen-bond donors (Lipinski definition) is 0. The molecule has 1 unspecified atom stereocenters. The molecule has 0 bridgehead atoms. The van der Waals surface area contributed by atoms with Crippen LogP contribution in [0.3, 0.4) is 0 Å². The van der Waals surface area contributed by atoms with Gasteiger partial charge in [-0.3, -0.25) is 0 Å². The predicted molar refractivity (Wildman–Crippen MR) is 103 cm³/mol. The summed E-state index contributed by atoms with van der Waals surface area (Å²) in [4.78, 5) is 4.80. The van der Waals surface area contributed by atoms with Crippen LogP contribution in [0.15, 0.2) is 65.1 Å². The smallest absolute Gasteiger partial charge is 0.144 e. The fourth-order valence-electron chi connectivity index (χ4n) is 2.32. The topological polar surface area (TPSA) is 48.3 Å². The molecule has 3 aromatic rings. The van der Waals surface area contributed by atoms with Crippen molar-refractivity contribution in [1.29, 1.82) is 0 Å². The Morgan fingerprint density at radius 2 is 1.67 bits per heavy atom. The average molecular weight is 336 g/mol. The first-order chi connectivity index (χ1) is 11.4. The minimum absolute atomic E-state index is 0.381. The first-order valence-electron chi connectivity index (χ1n) is 7.86. The van der Waals surface area contributed by atoms with Gasteiger partial charge in [-0.2, -0.15) is 0 Å². The molecule has 0 aliphatic carbocycles. The molecule has 0 fully saturated rings. The summed E-state index contributed by atoms with van der Waals surface area (Å²) >= 11 is -1.29. The molecule has 1 atom stereocenters. The van der Waals surface area contributed by atoms with Crippen LogP contribution in [0.4, 0.5) is 0 Å². The zero-order valence-corrected chi connectivity index (χ0v) is 14.9. The molecule has 122 valence electrons. The van der Waals surface area contributed by atoms with Gasteiger partial charge < -0.3 is 4.55 Å². The number of pyridine rings is 1. The van der Waals surface area contributed by atoms with Gasteiger partial charge in [-0.1, -0.05) is 52.9 Å². The largest absolute Gasteiger partial charge is 0.591 e. The molecule has 0 N–H and O–H groups in total. The Bertz CT molecular complexity index is 870. The Balaban J connectivity index is 2.12. The summed E-state index contributed by atoms with van der Waals surface area (Å²) in [6.45, 7) is 5.74. The third-order valence-electron chi connectivity index (χ3n) is 3.61. The normalized spacial score (nSPS) is 13.5. The first-order valence-corrected chi connectivity index (χ1v) is 8.97. The molecule has 0 amide bonds. The third kappa shape index (κ3) is 3.66. The van der Waals surface area contributed by atoms with Crippen LogP contribution in [0, 0.1) is 0 Å². The van der Waals surface area contributed by atoms with Crippen molar-refractivity contribution in [2.45, 2.75) is 25.5 Å². The maximum atomic E-state index is 12.2. The minimum atomic E-state index is -1.29. The maximum absolute atomic E-state index is 12.2. The standard InChI is InChI=1S/C20H20N2OS/c1-20(2,3)24(23)21-14-17-13-16-11-7-8-12-18(16)22-19(17)15-9-5-4-6-10-15/h4-14H,1-3H3. The van der Waals surface area contributed by atoms with Crippen molar-refractivity contribution < 1.29 is 4.55 Å². The summed E-state index contributed by atoms with van der Waals surface area (Å²) < 4.78 is 16.1. The van der Waals surface area contributed by atoms with E-state index >= 15 is 0 Å². The lowest BCUT2D eigenvalue weighted by atomic mass is 10.0. The van der Waals surface area contributed by atoms with Gasteiger partial charge in [-0.25, -0.2) is 4.98 Å². The van der Waals surface area contributed by atoms with Crippen molar-refractivity contribution in [3.05, 3.63) is 66.2 Å². The second kappa shape index (κ2) is 6.75. The SMILES string of the molecule is CC(C)(C)[S+]([O-])N=Cc1cc2ccccc2nc1-c1ccccc1. The molecule has 3 rings (SSSR count). The van der Waals surface area contributed by atoms with Gasteiger partial charge in [0.2, 0.25) is 0 Å². The average Bonchev–Trinajstić information content (AvgIpc) is 2.58. The van der Waals surface area contributed by atoms with E-state index in [1.54, 1.807) is 6.21 Å². The van der Waals surface area contributed by atoms with E-state index in [1.807, 2.05) is 81.4 Å². The zero-order valence-electron chi connectivity index (χ0n) is 14.1. The van der Waals surface area contributed by atoms with Crippen molar-refractivity contribution in [1.82, 2.24) is 4.98 Å². The highest BCUT2D eigenvalue weighted by atomic mass is 32.2. The van der Waals surface area contributed by atoms with Gasteiger partial charge in [0.1, 0.15) is 16.1 Å². The predicted octanol–water partition coefficient (Wildman–Crippen LogP) is 4.78. The number of rotatable bonds is 3. The lowest BCUT2D eigenvalue weighted by Crippen LogP contribution is -2.25. The van der Waals surface area contributed by atoms with E-state index in [0.29, 0.717) is 0 Å². The first kappa shape index (κ1) is 16.7. The molecule has 0 aliphatic heterocycles. The molecule has 1 aromatic heterocycles. The second-order valence-corrected chi connectivity index (χ2v) is 8.51. The molecule has 4 heteroatoms. The van der Waals surface area contributed by atoms with Crippen molar-refractivity contribution in [3.63, 3.8) is 0 Å². The van der Waals surface area contributed by atoms with Gasteiger partial charge in [0.15, 0.2) is 0 Å². The van der Waals surface area contributed by atoms with E-state index < -0.39 is 11.4 Å². The molecular formula is C20H20N2OS. The fraction of sp³-hybridized carbons (Fsp3) is 0.200. The van der Waals surface area contributed by atoms with Gasteiger partial charge in [-0.15, -0.1) is 0 Å². The van der Waals surface area contributed by atoms with Crippen molar-refractivity contribution >= 4 is 28.5 Å². The van der Waals surface area contributed by atoms with Crippen LogP contribution in [-0.4, -0.2) is 20.5 Å². The summed E-state index contributed by atoms with van der Waals surface area (Å²) in [5, 5.41) is 1.04. The van der Waals surface area contributed by atoms with E-state index in [9.17, 15) is 4.55 Å². The Morgan fingerprint density at radius 1 is 1.00 bits per heavy atom. The summed E-state index contributed by atoms with van der Waals surface area (Å²) in [7, 11) is 0. The van der Waals surface area contributed by atoms with E-state index in [0.717, 1.165) is 27.7 Å². The highest BCUT2D eigenvalue weighted by Gasteiger charge is 2.26. The highest BCUT2D eigenvalue weighted by molar-refractivity contribution is 7.91. The summed E-state index contributed by atoms with van der Waals surface area (Å²) in [5.41, 5.74) is 3.68. The number of hydrogen-bond acceptors (Lipinski definition) is 3. The molecule has 0 aliphatic rings. The molecule has 2 aromatic carbocycles. The Labute approximate surface area is 145 Å². The van der Waals surface area contributed by atoms with Crippen molar-refractivity contribution in [2.24, 2.45) is 4.40 Å². The van der Waals surface area contributed by atoms with Crippen LogP contribution in [0.5, 0.6) is 0 Å². The van der Waals surface area contributed by atoms with Gasteiger partial charge in [-0.05, 0) is 32.9 Å². The van der Waals surface area contributed by atoms with Gasteiger partial charge in [0, 0.05) is 16.5 Å². The second-order valence-electron chi connectivity index (χ2n) is 6.58. The summed E-state index contributed by atoms with van der Waals surface area (Å²) in [6, 6.07) is 20.0. The molecular weight excluding hydrogens is 316 g/mol. The summed E-state index contributed by atoms with van der Waals surface area (Å²) in [6.07, 6.45) is 1.68. The molecule has 3 nitrogen and oxygen atoms in total.